The standard InChI is InChI=1S/C23H20FN3O2S/c1-2-3-14-29-19-11-6-17(7-12-19)15-20-22(28)27-23(30-20)25-21(26-27)13-8-16-4-9-18(24)10-5-16/h4-13,15H,2-3,14H2,1H3/b13-8+,20-15+. The first-order valence-electron chi connectivity index (χ1n) is 9.70. The highest BCUT2D eigenvalue weighted by Gasteiger charge is 2.09. The lowest BCUT2D eigenvalue weighted by Crippen LogP contribution is -2.23. The van der Waals surface area contributed by atoms with Crippen molar-refractivity contribution >= 4 is 34.5 Å². The largest absolute Gasteiger partial charge is 0.494 e. The number of benzene rings is 2. The van der Waals surface area contributed by atoms with E-state index in [-0.39, 0.29) is 11.4 Å². The second-order valence-corrected chi connectivity index (χ2v) is 7.75. The smallest absolute Gasteiger partial charge is 0.291 e. The van der Waals surface area contributed by atoms with Gasteiger partial charge in [0.1, 0.15) is 11.6 Å². The van der Waals surface area contributed by atoms with E-state index in [4.69, 9.17) is 4.74 Å². The summed E-state index contributed by atoms with van der Waals surface area (Å²) in [5.41, 5.74) is 1.54. The predicted octanol–water partition coefficient (Wildman–Crippen LogP) is 4.19. The van der Waals surface area contributed by atoms with Gasteiger partial charge in [-0.2, -0.15) is 9.50 Å². The summed E-state index contributed by atoms with van der Waals surface area (Å²) in [4.78, 5) is 17.6. The Morgan fingerprint density at radius 1 is 1.07 bits per heavy atom. The Balaban J connectivity index is 1.53. The average Bonchev–Trinajstić information content (AvgIpc) is 3.28. The number of halogens is 1. The predicted molar refractivity (Wildman–Crippen MR) is 118 cm³/mol. The van der Waals surface area contributed by atoms with Crippen molar-refractivity contribution in [2.75, 3.05) is 6.61 Å². The molecule has 152 valence electrons. The van der Waals surface area contributed by atoms with Crippen molar-refractivity contribution < 1.29 is 9.13 Å². The van der Waals surface area contributed by atoms with Gasteiger partial charge in [0.15, 0.2) is 5.82 Å². The number of thiazole rings is 1. The van der Waals surface area contributed by atoms with Crippen LogP contribution < -0.4 is 14.8 Å². The number of ether oxygens (including phenoxy) is 1. The van der Waals surface area contributed by atoms with Crippen LogP contribution in [0, 0.1) is 5.82 Å². The first-order valence-corrected chi connectivity index (χ1v) is 10.5. The van der Waals surface area contributed by atoms with Crippen LogP contribution in [0.25, 0.3) is 23.2 Å². The molecule has 0 aliphatic carbocycles. The molecule has 30 heavy (non-hydrogen) atoms. The molecule has 5 nitrogen and oxygen atoms in total. The van der Waals surface area contributed by atoms with Gasteiger partial charge in [-0.3, -0.25) is 4.79 Å². The van der Waals surface area contributed by atoms with E-state index < -0.39 is 0 Å². The molecule has 2 aromatic carbocycles. The van der Waals surface area contributed by atoms with Gasteiger partial charge in [0, 0.05) is 0 Å². The van der Waals surface area contributed by atoms with Crippen molar-refractivity contribution in [3.63, 3.8) is 0 Å². The lowest BCUT2D eigenvalue weighted by molar-refractivity contribution is 0.309. The summed E-state index contributed by atoms with van der Waals surface area (Å²) in [5, 5.41) is 4.27. The van der Waals surface area contributed by atoms with Crippen molar-refractivity contribution in [3.05, 3.63) is 86.2 Å². The number of nitrogens with zero attached hydrogens (tertiary/aromatic N) is 3. The van der Waals surface area contributed by atoms with Gasteiger partial charge in [0.05, 0.1) is 11.1 Å². The molecular weight excluding hydrogens is 401 g/mol. The quantitative estimate of drug-likeness (QED) is 0.420. The second kappa shape index (κ2) is 9.00. The Morgan fingerprint density at radius 3 is 2.50 bits per heavy atom. The Kier molecular flexibility index (Phi) is 5.99. The van der Waals surface area contributed by atoms with Crippen LogP contribution in [-0.4, -0.2) is 21.2 Å². The molecule has 0 saturated carbocycles. The lowest BCUT2D eigenvalue weighted by atomic mass is 10.2. The van der Waals surface area contributed by atoms with Gasteiger partial charge in [0.2, 0.25) is 4.96 Å². The van der Waals surface area contributed by atoms with Gasteiger partial charge in [-0.05, 0) is 54.0 Å². The van der Waals surface area contributed by atoms with E-state index in [1.165, 1.54) is 28.0 Å². The molecule has 4 aromatic rings. The highest BCUT2D eigenvalue weighted by atomic mass is 32.1. The van der Waals surface area contributed by atoms with E-state index in [9.17, 15) is 9.18 Å². The summed E-state index contributed by atoms with van der Waals surface area (Å²) in [6, 6.07) is 13.8. The van der Waals surface area contributed by atoms with Crippen LogP contribution in [0.15, 0.2) is 53.3 Å². The van der Waals surface area contributed by atoms with Crippen LogP contribution in [0.2, 0.25) is 0 Å². The molecule has 0 aliphatic heterocycles. The first kappa shape index (κ1) is 20.0. The maximum absolute atomic E-state index is 13.0. The zero-order chi connectivity index (χ0) is 20.9. The third-order valence-corrected chi connectivity index (χ3v) is 5.40. The second-order valence-electron chi connectivity index (χ2n) is 6.74. The van der Waals surface area contributed by atoms with Crippen LogP contribution >= 0.6 is 11.3 Å². The number of rotatable bonds is 7. The van der Waals surface area contributed by atoms with Gasteiger partial charge in [0.25, 0.3) is 5.56 Å². The third kappa shape index (κ3) is 4.63. The van der Waals surface area contributed by atoms with Crippen LogP contribution in [0.5, 0.6) is 5.75 Å². The minimum Gasteiger partial charge on any atom is -0.494 e. The Labute approximate surface area is 176 Å². The van der Waals surface area contributed by atoms with Crippen LogP contribution in [0.4, 0.5) is 4.39 Å². The fraction of sp³-hybridized carbons (Fsp3) is 0.174. The number of hydrogen-bond acceptors (Lipinski definition) is 5. The minimum absolute atomic E-state index is 0.202. The Morgan fingerprint density at radius 2 is 1.80 bits per heavy atom. The maximum Gasteiger partial charge on any atom is 0.291 e. The number of hydrogen-bond donors (Lipinski definition) is 0. The minimum atomic E-state index is -0.286. The zero-order valence-corrected chi connectivity index (χ0v) is 17.2. The summed E-state index contributed by atoms with van der Waals surface area (Å²) < 4.78 is 20.5. The van der Waals surface area contributed by atoms with Crippen LogP contribution in [0.1, 0.15) is 36.7 Å². The fourth-order valence-corrected chi connectivity index (χ4v) is 3.72. The molecule has 0 radical (unpaired) electrons. The summed E-state index contributed by atoms with van der Waals surface area (Å²) >= 11 is 1.29. The summed E-state index contributed by atoms with van der Waals surface area (Å²) in [5.74, 6) is 0.970. The summed E-state index contributed by atoms with van der Waals surface area (Å²) in [6.45, 7) is 2.83. The van der Waals surface area contributed by atoms with Crippen LogP contribution in [-0.2, 0) is 0 Å². The molecule has 0 spiro atoms. The molecule has 0 aliphatic rings. The maximum atomic E-state index is 13.0. The molecule has 0 unspecified atom stereocenters. The lowest BCUT2D eigenvalue weighted by Gasteiger charge is -2.04. The van der Waals surface area contributed by atoms with Crippen molar-refractivity contribution in [2.24, 2.45) is 0 Å². The molecular formula is C23H20FN3O2S. The van der Waals surface area contributed by atoms with Gasteiger partial charge in [-0.15, -0.1) is 5.10 Å². The molecule has 0 bridgehead atoms. The van der Waals surface area contributed by atoms with E-state index in [0.29, 0.717) is 21.9 Å². The van der Waals surface area contributed by atoms with E-state index >= 15 is 0 Å². The van der Waals surface area contributed by atoms with E-state index in [0.717, 1.165) is 29.7 Å². The molecule has 2 aromatic heterocycles. The monoisotopic (exact) mass is 421 g/mol. The normalized spacial score (nSPS) is 12.3. The van der Waals surface area contributed by atoms with Gasteiger partial charge in [-0.25, -0.2) is 4.39 Å². The van der Waals surface area contributed by atoms with E-state index in [1.807, 2.05) is 30.3 Å². The Bertz CT molecular complexity index is 1280. The number of fused-ring (bicyclic) bond motifs is 1. The van der Waals surface area contributed by atoms with E-state index in [1.54, 1.807) is 24.3 Å². The van der Waals surface area contributed by atoms with Crippen molar-refractivity contribution in [1.29, 1.82) is 0 Å². The Hall–Kier alpha value is -3.32. The molecule has 0 amide bonds. The molecule has 0 atom stereocenters. The van der Waals surface area contributed by atoms with Crippen LogP contribution in [0.3, 0.4) is 0 Å². The molecule has 0 N–H and O–H groups in total. The average molecular weight is 421 g/mol. The third-order valence-electron chi connectivity index (χ3n) is 4.44. The number of aromatic nitrogens is 3. The molecule has 4 rings (SSSR count). The van der Waals surface area contributed by atoms with Gasteiger partial charge < -0.3 is 4.74 Å². The molecule has 0 saturated heterocycles. The topological polar surface area (TPSA) is 56.5 Å². The summed E-state index contributed by atoms with van der Waals surface area (Å²) in [7, 11) is 0. The zero-order valence-electron chi connectivity index (χ0n) is 16.4. The first-order chi connectivity index (χ1) is 14.6. The van der Waals surface area contributed by atoms with Crippen molar-refractivity contribution in [3.8, 4) is 5.75 Å². The highest BCUT2D eigenvalue weighted by Crippen LogP contribution is 2.14. The molecule has 0 fully saturated rings. The molecule has 2 heterocycles. The summed E-state index contributed by atoms with van der Waals surface area (Å²) in [6.07, 6.45) is 7.42. The van der Waals surface area contributed by atoms with Gasteiger partial charge in [-0.1, -0.05) is 55.0 Å². The highest BCUT2D eigenvalue weighted by molar-refractivity contribution is 7.15. The molecule has 7 heteroatoms. The SMILES string of the molecule is CCCCOc1ccc(/C=c2/sc3nc(/C=C/c4ccc(F)cc4)nn3c2=O)cc1. The van der Waals surface area contributed by atoms with Gasteiger partial charge >= 0.3 is 0 Å². The van der Waals surface area contributed by atoms with Crippen molar-refractivity contribution in [1.82, 2.24) is 14.6 Å². The fourth-order valence-electron chi connectivity index (χ4n) is 2.81. The number of unbranched alkanes of at least 4 members (excludes halogenated alkanes) is 1. The van der Waals surface area contributed by atoms with E-state index in [2.05, 4.69) is 17.0 Å². The van der Waals surface area contributed by atoms with Crippen molar-refractivity contribution in [2.45, 2.75) is 19.8 Å².